The number of benzene rings is 16. The first-order valence-electron chi connectivity index (χ1n) is 35.7. The van der Waals surface area contributed by atoms with Crippen molar-refractivity contribution in [2.75, 3.05) is 19.6 Å². The topological polar surface area (TPSA) is 22.2 Å². The molecule has 20 rings (SSSR count). The van der Waals surface area contributed by atoms with E-state index >= 15 is 0 Å². The fourth-order valence-corrected chi connectivity index (χ4v) is 17.9. The maximum absolute atomic E-state index is 7.40. The molecule has 6 heteroatoms. The molecule has 5 nitrogen and oxygen atoms in total. The highest BCUT2D eigenvalue weighted by Crippen LogP contribution is 2.67. The Kier molecular flexibility index (Phi) is 14.9. The number of hydrogen-bond donors (Lipinski definition) is 0. The van der Waals surface area contributed by atoms with Gasteiger partial charge >= 0.3 is 0 Å². The van der Waals surface area contributed by atoms with Crippen molar-refractivity contribution in [2.24, 2.45) is 0 Å². The van der Waals surface area contributed by atoms with Crippen molar-refractivity contribution in [3.05, 3.63) is 422 Å². The molecule has 0 radical (unpaired) electrons. The molecule has 2 atom stereocenters. The molecule has 0 saturated heterocycles. The molecule has 0 saturated carbocycles. The number of ether oxygens (including phenoxy) is 1. The molecule has 0 aromatic heterocycles. The number of anilines is 12. The van der Waals surface area contributed by atoms with E-state index in [1.54, 1.807) is 0 Å². The summed E-state index contributed by atoms with van der Waals surface area (Å²) in [5.74, 6) is 1.27. The van der Waals surface area contributed by atoms with Crippen molar-refractivity contribution in [1.29, 1.82) is 0 Å². The zero-order valence-corrected chi connectivity index (χ0v) is 57.5. The molecule has 0 fully saturated rings. The minimum absolute atomic E-state index is 0.206. The van der Waals surface area contributed by atoms with Crippen LogP contribution in [0.4, 0.5) is 68.2 Å². The fourth-order valence-electron chi connectivity index (χ4n) is 16.7. The van der Waals surface area contributed by atoms with E-state index in [2.05, 4.69) is 408 Å². The Morgan fingerprint density at radius 1 is 0.240 bits per heavy atom. The van der Waals surface area contributed by atoms with Gasteiger partial charge in [0.15, 0.2) is 0 Å². The summed E-state index contributed by atoms with van der Waals surface area (Å²) in [5.41, 5.74) is 31.5. The highest BCUT2D eigenvalue weighted by molar-refractivity contribution is 7.99. The van der Waals surface area contributed by atoms with E-state index in [9.17, 15) is 0 Å². The minimum atomic E-state index is -0.209. The van der Waals surface area contributed by atoms with Crippen LogP contribution < -0.4 is 24.3 Å². The standard InChI is InChI=1S/C98H66N4OS/c1-9-33-65(34-10-1)75-49-25-28-56-84(75)101-86-64-91-83(63-82(86)94-81-51-27-30-58-89(81)103-90-61-73(59-87(101)95(90)94)99(70-43-19-6-20-44-70)71-45-21-7-22-46-71)93-80-50-26-29-57-85(80)102(98-78(68-39-15-4-16-40-68)54-32-55-79(98)69-41-17-5-18-42-69)88-60-74(62-92(104-91)96(88)93)100(72-47-23-8-24-48-72)97-76(66-35-11-2-12-36-66)52-31-53-77(97)67-37-13-3-14-38-67/h1-64,93-94H. The van der Waals surface area contributed by atoms with Gasteiger partial charge in [-0.25, -0.2) is 0 Å². The molecule has 490 valence electrons. The van der Waals surface area contributed by atoms with Crippen LogP contribution in [0.1, 0.15) is 45.2 Å². The van der Waals surface area contributed by atoms with E-state index < -0.39 is 0 Å². The fraction of sp³-hybridized carbons (Fsp3) is 0.0204. The summed E-state index contributed by atoms with van der Waals surface area (Å²) in [5, 5.41) is 0. The number of rotatable bonds is 13. The first-order chi connectivity index (χ1) is 51.6. The van der Waals surface area contributed by atoms with E-state index in [-0.39, 0.29) is 11.8 Å². The van der Waals surface area contributed by atoms with Crippen LogP contribution in [0.15, 0.2) is 398 Å². The van der Waals surface area contributed by atoms with Crippen molar-refractivity contribution < 1.29 is 4.74 Å². The molecule has 16 aromatic carbocycles. The third kappa shape index (κ3) is 10.2. The van der Waals surface area contributed by atoms with Gasteiger partial charge in [-0.15, -0.1) is 0 Å². The van der Waals surface area contributed by atoms with Gasteiger partial charge in [-0.2, -0.15) is 0 Å². The summed E-state index contributed by atoms with van der Waals surface area (Å²) in [6.45, 7) is 0. The zero-order chi connectivity index (χ0) is 68.6. The predicted molar refractivity (Wildman–Crippen MR) is 431 cm³/mol. The molecule has 0 bridgehead atoms. The Bertz CT molecular complexity index is 5790. The summed E-state index contributed by atoms with van der Waals surface area (Å²) < 4.78 is 7.40. The summed E-state index contributed by atoms with van der Waals surface area (Å²) in [7, 11) is 0. The molecule has 104 heavy (non-hydrogen) atoms. The molecule has 16 aromatic rings. The predicted octanol–water partition coefficient (Wildman–Crippen LogP) is 27.5. The first kappa shape index (κ1) is 60.8. The maximum Gasteiger partial charge on any atom is 0.135 e. The van der Waals surface area contributed by atoms with Gasteiger partial charge in [-0.05, 0) is 123 Å². The molecule has 0 N–H and O–H groups in total. The molecule has 0 spiro atoms. The van der Waals surface area contributed by atoms with Crippen LogP contribution in [-0.2, 0) is 0 Å². The second kappa shape index (κ2) is 25.5. The van der Waals surface area contributed by atoms with Crippen LogP contribution in [0.3, 0.4) is 0 Å². The van der Waals surface area contributed by atoms with Gasteiger partial charge in [0.05, 0.1) is 45.5 Å². The normalized spacial score (nSPS) is 14.0. The first-order valence-corrected chi connectivity index (χ1v) is 36.5. The summed E-state index contributed by atoms with van der Waals surface area (Å²) in [6.07, 6.45) is 0. The Balaban J connectivity index is 0.894. The van der Waals surface area contributed by atoms with Crippen LogP contribution in [0.25, 0.3) is 55.6 Å². The number of para-hydroxylation sites is 8. The van der Waals surface area contributed by atoms with Crippen molar-refractivity contribution >= 4 is 80.0 Å². The Labute approximate surface area is 610 Å². The lowest BCUT2D eigenvalue weighted by Crippen LogP contribution is -2.28. The summed E-state index contributed by atoms with van der Waals surface area (Å²) in [4.78, 5) is 12.5. The molecule has 4 aliphatic rings. The smallest absolute Gasteiger partial charge is 0.135 e. The van der Waals surface area contributed by atoms with Gasteiger partial charge in [0.2, 0.25) is 0 Å². The zero-order valence-electron chi connectivity index (χ0n) is 56.7. The second-order valence-electron chi connectivity index (χ2n) is 27.0. The van der Waals surface area contributed by atoms with Gasteiger partial charge in [0.25, 0.3) is 0 Å². The molecular weight excluding hydrogens is 1280 g/mol. The second-order valence-corrected chi connectivity index (χ2v) is 28.1. The van der Waals surface area contributed by atoms with Crippen LogP contribution in [0, 0.1) is 0 Å². The minimum Gasteiger partial charge on any atom is -0.457 e. The lowest BCUT2D eigenvalue weighted by atomic mass is 9.74. The third-order valence-corrected chi connectivity index (χ3v) is 22.2. The van der Waals surface area contributed by atoms with Gasteiger partial charge in [0, 0.05) is 95.0 Å². The Hall–Kier alpha value is -13.1. The van der Waals surface area contributed by atoms with Gasteiger partial charge in [-0.1, -0.05) is 315 Å². The average Bonchev–Trinajstić information content (AvgIpc) is 0.689. The van der Waals surface area contributed by atoms with Crippen molar-refractivity contribution in [3.8, 4) is 67.1 Å². The molecule has 0 amide bonds. The third-order valence-electron chi connectivity index (χ3n) is 21.1. The Morgan fingerprint density at radius 2 is 0.654 bits per heavy atom. The quantitative estimate of drug-likeness (QED) is 0.114. The van der Waals surface area contributed by atoms with Gasteiger partial charge in [-0.3, -0.25) is 0 Å². The molecule has 2 unspecified atom stereocenters. The molecular formula is C98H66N4OS. The molecule has 0 aliphatic carbocycles. The van der Waals surface area contributed by atoms with Crippen LogP contribution in [-0.4, -0.2) is 0 Å². The lowest BCUT2D eigenvalue weighted by molar-refractivity contribution is 0.452. The van der Waals surface area contributed by atoms with Crippen LogP contribution >= 0.6 is 11.8 Å². The SMILES string of the molecule is c1ccc(-c2ccccc2N2c3cc4c(cc3C3c5ccccc5Oc5cc(N(c6ccccc6)c6ccccc6)cc2c53)C2c3ccccc3N(c3c(-c5ccccc5)cccc3-c3ccccc3)c3cc(N(c5ccccc5)c5c(-c6ccccc6)cccc5-c5ccccc5)cc(c32)S4)cc1. The highest BCUT2D eigenvalue weighted by atomic mass is 32.2. The number of fused-ring (bicyclic) bond motifs is 8. The monoisotopic (exact) mass is 1350 g/mol. The van der Waals surface area contributed by atoms with E-state index in [4.69, 9.17) is 4.74 Å². The Morgan fingerprint density at radius 3 is 1.21 bits per heavy atom. The van der Waals surface area contributed by atoms with Crippen molar-refractivity contribution in [2.45, 2.75) is 21.6 Å². The van der Waals surface area contributed by atoms with E-state index in [0.29, 0.717) is 0 Å². The summed E-state index contributed by atoms with van der Waals surface area (Å²) in [6, 6.07) is 143. The lowest BCUT2D eigenvalue weighted by Gasteiger charge is -2.45. The highest BCUT2D eigenvalue weighted by Gasteiger charge is 2.46. The summed E-state index contributed by atoms with van der Waals surface area (Å²) >= 11 is 1.90. The van der Waals surface area contributed by atoms with E-state index in [0.717, 1.165) is 147 Å². The largest absolute Gasteiger partial charge is 0.457 e. The van der Waals surface area contributed by atoms with Crippen molar-refractivity contribution in [1.82, 2.24) is 0 Å². The molecule has 4 aliphatic heterocycles. The van der Waals surface area contributed by atoms with Crippen LogP contribution in [0.5, 0.6) is 11.5 Å². The molecule has 4 heterocycles. The van der Waals surface area contributed by atoms with Gasteiger partial charge in [0.1, 0.15) is 11.5 Å². The number of hydrogen-bond acceptors (Lipinski definition) is 6. The van der Waals surface area contributed by atoms with Gasteiger partial charge < -0.3 is 24.3 Å². The van der Waals surface area contributed by atoms with Crippen LogP contribution in [0.2, 0.25) is 0 Å². The van der Waals surface area contributed by atoms with E-state index in [1.807, 2.05) is 11.8 Å². The number of nitrogens with zero attached hydrogens (tertiary/aromatic N) is 4. The average molecular weight is 1350 g/mol. The van der Waals surface area contributed by atoms with E-state index in [1.165, 1.54) is 32.0 Å². The van der Waals surface area contributed by atoms with Crippen molar-refractivity contribution in [3.63, 3.8) is 0 Å². The maximum atomic E-state index is 7.40.